The molecule has 1 atom stereocenters. The Bertz CT molecular complexity index is 853. The maximum atomic E-state index is 11.0. The van der Waals surface area contributed by atoms with Gasteiger partial charge in [-0.25, -0.2) is 0 Å². The number of carboxylic acid groups (broad SMARTS) is 1. The first-order valence-corrected chi connectivity index (χ1v) is 9.96. The second kappa shape index (κ2) is 10.1. The van der Waals surface area contributed by atoms with Crippen LogP contribution in [-0.2, 0) is 11.2 Å². The molecule has 162 valence electrons. The van der Waals surface area contributed by atoms with Gasteiger partial charge in [0.2, 0.25) is 5.75 Å². The van der Waals surface area contributed by atoms with Gasteiger partial charge in [-0.2, -0.15) is 0 Å². The molecular formula is C23H28O7. The molecule has 2 aromatic rings. The standard InChI is InChI=1S/C23H28O7/c1-26-20-13-18(14-21(27-2)23(20)28-3)30-10-4-9-29-17-7-8-19-15(11-17)5-6-16(19)12-22(24)25/h7-8,11,13-14,16H,4-6,9-10,12H2,1-3H3,(H,24,25)/t16-/m0/s1. The first kappa shape index (κ1) is 21.6. The Balaban J connectivity index is 1.49. The van der Waals surface area contributed by atoms with Crippen molar-refractivity contribution in [3.8, 4) is 28.7 Å². The van der Waals surface area contributed by atoms with Gasteiger partial charge in [0, 0.05) is 18.6 Å². The lowest BCUT2D eigenvalue weighted by Crippen LogP contribution is -2.06. The van der Waals surface area contributed by atoms with Crippen molar-refractivity contribution < 1.29 is 33.6 Å². The fourth-order valence-electron chi connectivity index (χ4n) is 3.77. The van der Waals surface area contributed by atoms with E-state index in [-0.39, 0.29) is 12.3 Å². The molecule has 0 saturated heterocycles. The van der Waals surface area contributed by atoms with Crippen molar-refractivity contribution in [2.75, 3.05) is 34.5 Å². The number of hydrogen-bond acceptors (Lipinski definition) is 6. The van der Waals surface area contributed by atoms with Gasteiger partial charge in [0.25, 0.3) is 0 Å². The van der Waals surface area contributed by atoms with E-state index in [4.69, 9.17) is 28.8 Å². The van der Waals surface area contributed by atoms with Gasteiger partial charge in [0.1, 0.15) is 11.5 Å². The Morgan fingerprint density at radius 3 is 2.23 bits per heavy atom. The van der Waals surface area contributed by atoms with E-state index in [0.717, 1.165) is 24.2 Å². The second-order valence-corrected chi connectivity index (χ2v) is 7.11. The molecular weight excluding hydrogens is 388 g/mol. The number of fused-ring (bicyclic) bond motifs is 1. The molecule has 1 aliphatic carbocycles. The fraction of sp³-hybridized carbons (Fsp3) is 0.435. The van der Waals surface area contributed by atoms with E-state index < -0.39 is 5.97 Å². The average Bonchev–Trinajstić information content (AvgIpc) is 3.13. The third-order valence-electron chi connectivity index (χ3n) is 5.20. The summed E-state index contributed by atoms with van der Waals surface area (Å²) in [5, 5.41) is 9.03. The highest BCUT2D eigenvalue weighted by atomic mass is 16.5. The number of carbonyl (C=O) groups is 1. The molecule has 0 unspecified atom stereocenters. The van der Waals surface area contributed by atoms with Crippen molar-refractivity contribution in [2.45, 2.75) is 31.6 Å². The summed E-state index contributed by atoms with van der Waals surface area (Å²) in [4.78, 5) is 11.0. The summed E-state index contributed by atoms with van der Waals surface area (Å²) >= 11 is 0. The van der Waals surface area contributed by atoms with Gasteiger partial charge in [-0.05, 0) is 42.0 Å². The van der Waals surface area contributed by atoms with E-state index in [9.17, 15) is 4.79 Å². The summed E-state index contributed by atoms with van der Waals surface area (Å²) in [7, 11) is 4.69. The van der Waals surface area contributed by atoms with Crippen molar-refractivity contribution in [1.82, 2.24) is 0 Å². The van der Waals surface area contributed by atoms with Gasteiger partial charge < -0.3 is 28.8 Å². The molecule has 0 spiro atoms. The average molecular weight is 416 g/mol. The molecule has 0 heterocycles. The lowest BCUT2D eigenvalue weighted by atomic mass is 9.98. The molecule has 7 nitrogen and oxygen atoms in total. The predicted octanol–water partition coefficient (Wildman–Crippen LogP) is 4.06. The first-order valence-electron chi connectivity index (χ1n) is 9.96. The first-order chi connectivity index (χ1) is 14.5. The van der Waals surface area contributed by atoms with Crippen LogP contribution in [0.3, 0.4) is 0 Å². The quantitative estimate of drug-likeness (QED) is 0.553. The highest BCUT2D eigenvalue weighted by molar-refractivity contribution is 5.68. The van der Waals surface area contributed by atoms with Gasteiger partial charge in [-0.15, -0.1) is 0 Å². The summed E-state index contributed by atoms with van der Waals surface area (Å²) in [5.74, 6) is 2.41. The van der Waals surface area contributed by atoms with Crippen molar-refractivity contribution in [3.05, 3.63) is 41.5 Å². The Morgan fingerprint density at radius 1 is 0.967 bits per heavy atom. The van der Waals surface area contributed by atoms with E-state index >= 15 is 0 Å². The number of methoxy groups -OCH3 is 3. The molecule has 30 heavy (non-hydrogen) atoms. The minimum atomic E-state index is -0.750. The highest BCUT2D eigenvalue weighted by Crippen LogP contribution is 2.41. The zero-order chi connectivity index (χ0) is 21.5. The molecule has 0 saturated carbocycles. The molecule has 1 N–H and O–H groups in total. The van der Waals surface area contributed by atoms with Crippen LogP contribution in [0.4, 0.5) is 0 Å². The minimum absolute atomic E-state index is 0.110. The Hall–Kier alpha value is -3.09. The Labute approximate surface area is 176 Å². The number of carboxylic acids is 1. The molecule has 0 aromatic heterocycles. The van der Waals surface area contributed by atoms with Crippen LogP contribution >= 0.6 is 0 Å². The van der Waals surface area contributed by atoms with Crippen LogP contribution in [0.15, 0.2) is 30.3 Å². The molecule has 0 fully saturated rings. The second-order valence-electron chi connectivity index (χ2n) is 7.11. The van der Waals surface area contributed by atoms with E-state index in [2.05, 4.69) is 0 Å². The van der Waals surface area contributed by atoms with Crippen LogP contribution < -0.4 is 23.7 Å². The topological polar surface area (TPSA) is 83.5 Å². The van der Waals surface area contributed by atoms with Crippen molar-refractivity contribution in [1.29, 1.82) is 0 Å². The van der Waals surface area contributed by atoms with E-state index in [1.807, 2.05) is 18.2 Å². The zero-order valence-electron chi connectivity index (χ0n) is 17.6. The van der Waals surface area contributed by atoms with Crippen LogP contribution in [0, 0.1) is 0 Å². The summed E-state index contributed by atoms with van der Waals surface area (Å²) in [6.07, 6.45) is 2.67. The van der Waals surface area contributed by atoms with E-state index in [1.54, 1.807) is 33.5 Å². The van der Waals surface area contributed by atoms with Crippen LogP contribution in [0.25, 0.3) is 0 Å². The maximum absolute atomic E-state index is 11.0. The van der Waals surface area contributed by atoms with Gasteiger partial charge >= 0.3 is 5.97 Å². The van der Waals surface area contributed by atoms with Gasteiger partial charge in [-0.1, -0.05) is 6.07 Å². The van der Waals surface area contributed by atoms with Gasteiger partial charge in [0.15, 0.2) is 11.5 Å². The van der Waals surface area contributed by atoms with Gasteiger partial charge in [0.05, 0.1) is 41.0 Å². The molecule has 7 heteroatoms. The smallest absolute Gasteiger partial charge is 0.303 e. The Kier molecular flexibility index (Phi) is 7.27. The van der Waals surface area contributed by atoms with Crippen LogP contribution in [0.1, 0.15) is 36.3 Å². The molecule has 0 amide bonds. The lowest BCUT2D eigenvalue weighted by molar-refractivity contribution is -0.137. The summed E-state index contributed by atoms with van der Waals surface area (Å²) in [5.41, 5.74) is 2.32. The third kappa shape index (κ3) is 5.09. The van der Waals surface area contributed by atoms with Crippen LogP contribution in [0.2, 0.25) is 0 Å². The van der Waals surface area contributed by atoms with Crippen LogP contribution in [0.5, 0.6) is 28.7 Å². The zero-order valence-corrected chi connectivity index (χ0v) is 17.6. The largest absolute Gasteiger partial charge is 0.493 e. The number of rotatable bonds is 11. The number of hydrogen-bond donors (Lipinski definition) is 1. The molecule has 0 bridgehead atoms. The summed E-state index contributed by atoms with van der Waals surface area (Å²) in [6.45, 7) is 0.992. The van der Waals surface area contributed by atoms with Gasteiger partial charge in [-0.3, -0.25) is 4.79 Å². The SMILES string of the molecule is COc1cc(OCCCOc2ccc3c(c2)CC[C@H]3CC(=O)O)cc(OC)c1OC. The normalized spacial score (nSPS) is 14.7. The van der Waals surface area contributed by atoms with Crippen molar-refractivity contribution in [2.24, 2.45) is 0 Å². The number of ether oxygens (including phenoxy) is 5. The lowest BCUT2D eigenvalue weighted by Gasteiger charge is -2.15. The number of benzene rings is 2. The van der Waals surface area contributed by atoms with Crippen molar-refractivity contribution in [3.63, 3.8) is 0 Å². The van der Waals surface area contributed by atoms with Crippen molar-refractivity contribution >= 4 is 5.97 Å². The number of aliphatic carboxylic acids is 1. The molecule has 1 aliphatic rings. The molecule has 3 rings (SSSR count). The Morgan fingerprint density at radius 2 is 1.63 bits per heavy atom. The summed E-state index contributed by atoms with van der Waals surface area (Å²) in [6, 6.07) is 9.46. The molecule has 2 aromatic carbocycles. The monoisotopic (exact) mass is 416 g/mol. The highest BCUT2D eigenvalue weighted by Gasteiger charge is 2.24. The minimum Gasteiger partial charge on any atom is -0.493 e. The fourth-order valence-corrected chi connectivity index (χ4v) is 3.77. The predicted molar refractivity (Wildman–Crippen MR) is 111 cm³/mol. The van der Waals surface area contributed by atoms with Crippen LogP contribution in [-0.4, -0.2) is 45.6 Å². The van der Waals surface area contributed by atoms with E-state index in [1.165, 1.54) is 5.56 Å². The van der Waals surface area contributed by atoms with E-state index in [0.29, 0.717) is 42.6 Å². The molecule has 0 aliphatic heterocycles. The third-order valence-corrected chi connectivity index (χ3v) is 5.20. The number of aryl methyl sites for hydroxylation is 1. The summed E-state index contributed by atoms with van der Waals surface area (Å²) < 4.78 is 27.6. The maximum Gasteiger partial charge on any atom is 0.303 e. The molecule has 0 radical (unpaired) electrons.